The van der Waals surface area contributed by atoms with Gasteiger partial charge in [-0.25, -0.2) is 4.39 Å². The van der Waals surface area contributed by atoms with Gasteiger partial charge in [-0.3, -0.25) is 9.59 Å². The van der Waals surface area contributed by atoms with Gasteiger partial charge < -0.3 is 9.88 Å². The SMILES string of the molecule is O=C(c1cc(=O)[nH]c2cc(F)ccc12)N1CC[C@@H]1c1cccs1. The topological polar surface area (TPSA) is 53.2 Å². The molecule has 0 radical (unpaired) electrons. The summed E-state index contributed by atoms with van der Waals surface area (Å²) in [5, 5.41) is 2.55. The molecule has 3 heterocycles. The molecule has 1 saturated heterocycles. The molecule has 2 aromatic heterocycles. The highest BCUT2D eigenvalue weighted by Crippen LogP contribution is 2.37. The lowest BCUT2D eigenvalue weighted by Crippen LogP contribution is -2.45. The molecule has 3 aromatic rings. The number of likely N-dealkylation sites (tertiary alicyclic amines) is 1. The van der Waals surface area contributed by atoms with Gasteiger partial charge in [0.2, 0.25) is 5.56 Å². The molecule has 0 aliphatic carbocycles. The van der Waals surface area contributed by atoms with Crippen molar-refractivity contribution in [2.24, 2.45) is 0 Å². The van der Waals surface area contributed by atoms with Crippen LogP contribution in [0.2, 0.25) is 0 Å². The van der Waals surface area contributed by atoms with Gasteiger partial charge in [0.05, 0.1) is 17.1 Å². The van der Waals surface area contributed by atoms with Crippen LogP contribution in [-0.2, 0) is 0 Å². The predicted octanol–water partition coefficient (Wildman–Crippen LogP) is 3.32. The van der Waals surface area contributed by atoms with Gasteiger partial charge in [-0.05, 0) is 36.1 Å². The molecule has 4 rings (SSSR count). The van der Waals surface area contributed by atoms with E-state index in [2.05, 4.69) is 4.98 Å². The Bertz CT molecular complexity index is 949. The van der Waals surface area contributed by atoms with E-state index in [1.807, 2.05) is 17.5 Å². The molecular formula is C17H13FN2O2S. The van der Waals surface area contributed by atoms with Gasteiger partial charge in [0.15, 0.2) is 0 Å². The summed E-state index contributed by atoms with van der Waals surface area (Å²) in [5.74, 6) is -0.629. The van der Waals surface area contributed by atoms with Gasteiger partial charge in [0, 0.05) is 22.9 Å². The maximum absolute atomic E-state index is 13.4. The number of nitrogens with one attached hydrogen (secondary N) is 1. The number of aromatic nitrogens is 1. The molecule has 1 amide bonds. The Labute approximate surface area is 135 Å². The molecule has 1 aliphatic rings. The second kappa shape index (κ2) is 5.31. The molecule has 23 heavy (non-hydrogen) atoms. The average molecular weight is 328 g/mol. The van der Waals surface area contributed by atoms with Gasteiger partial charge in [-0.15, -0.1) is 11.3 Å². The van der Waals surface area contributed by atoms with Crippen molar-refractivity contribution in [2.45, 2.75) is 12.5 Å². The third-order valence-electron chi connectivity index (χ3n) is 4.19. The molecule has 1 aromatic carbocycles. The molecule has 116 valence electrons. The van der Waals surface area contributed by atoms with Crippen molar-refractivity contribution in [3.63, 3.8) is 0 Å². The highest BCUT2D eigenvalue weighted by molar-refractivity contribution is 7.10. The maximum atomic E-state index is 13.4. The largest absolute Gasteiger partial charge is 0.331 e. The number of H-pyrrole nitrogens is 1. The lowest BCUT2D eigenvalue weighted by Gasteiger charge is -2.40. The van der Waals surface area contributed by atoms with Crippen molar-refractivity contribution in [3.05, 3.63) is 68.4 Å². The van der Waals surface area contributed by atoms with Crippen molar-refractivity contribution in [2.75, 3.05) is 6.54 Å². The highest BCUT2D eigenvalue weighted by atomic mass is 32.1. The van der Waals surface area contributed by atoms with E-state index in [1.165, 1.54) is 24.3 Å². The number of hydrogen-bond acceptors (Lipinski definition) is 3. The number of carbonyl (C=O) groups excluding carboxylic acids is 1. The number of nitrogens with zero attached hydrogens (tertiary/aromatic N) is 1. The van der Waals surface area contributed by atoms with E-state index in [0.29, 0.717) is 23.0 Å². The first-order chi connectivity index (χ1) is 11.1. The van der Waals surface area contributed by atoms with E-state index in [1.54, 1.807) is 16.2 Å². The van der Waals surface area contributed by atoms with Crippen LogP contribution in [0.25, 0.3) is 10.9 Å². The number of aromatic amines is 1. The second-order valence-corrected chi connectivity index (χ2v) is 6.53. The fraction of sp³-hybridized carbons (Fsp3) is 0.176. The third kappa shape index (κ3) is 2.35. The fourth-order valence-electron chi connectivity index (χ4n) is 2.97. The first-order valence-electron chi connectivity index (χ1n) is 7.30. The number of amides is 1. The molecule has 0 unspecified atom stereocenters. The third-order valence-corrected chi connectivity index (χ3v) is 5.16. The highest BCUT2D eigenvalue weighted by Gasteiger charge is 2.35. The number of thiophene rings is 1. The van der Waals surface area contributed by atoms with E-state index < -0.39 is 11.4 Å². The average Bonchev–Trinajstić information content (AvgIpc) is 2.98. The van der Waals surface area contributed by atoms with E-state index in [4.69, 9.17) is 0 Å². The van der Waals surface area contributed by atoms with Crippen molar-refractivity contribution in [3.8, 4) is 0 Å². The van der Waals surface area contributed by atoms with Crippen molar-refractivity contribution >= 4 is 28.1 Å². The summed E-state index contributed by atoms with van der Waals surface area (Å²) in [4.78, 5) is 30.2. The van der Waals surface area contributed by atoms with Gasteiger partial charge in [0.25, 0.3) is 5.91 Å². The van der Waals surface area contributed by atoms with Crippen molar-refractivity contribution in [1.82, 2.24) is 9.88 Å². The summed E-state index contributed by atoms with van der Waals surface area (Å²) >= 11 is 1.62. The number of halogens is 1. The first kappa shape index (κ1) is 14.1. The summed E-state index contributed by atoms with van der Waals surface area (Å²) in [6.45, 7) is 0.664. The number of hydrogen-bond donors (Lipinski definition) is 1. The van der Waals surface area contributed by atoms with Gasteiger partial charge in [-0.2, -0.15) is 0 Å². The minimum Gasteiger partial charge on any atom is -0.331 e. The summed E-state index contributed by atoms with van der Waals surface area (Å²) < 4.78 is 13.4. The number of rotatable bonds is 2. The fourth-order valence-corrected chi connectivity index (χ4v) is 3.84. The molecule has 1 atom stereocenters. The molecule has 1 N–H and O–H groups in total. The lowest BCUT2D eigenvalue weighted by atomic mass is 9.98. The van der Waals surface area contributed by atoms with E-state index in [0.717, 1.165) is 11.3 Å². The maximum Gasteiger partial charge on any atom is 0.255 e. The Morgan fingerprint density at radius 2 is 2.17 bits per heavy atom. The summed E-state index contributed by atoms with van der Waals surface area (Å²) in [5.41, 5.74) is 0.263. The minimum absolute atomic E-state index is 0.0669. The Hall–Kier alpha value is -2.47. The van der Waals surface area contributed by atoms with Crippen molar-refractivity contribution in [1.29, 1.82) is 0 Å². The Kier molecular flexibility index (Phi) is 3.27. The molecule has 1 fully saturated rings. The van der Waals surface area contributed by atoms with Gasteiger partial charge >= 0.3 is 0 Å². The molecule has 0 spiro atoms. The zero-order chi connectivity index (χ0) is 16.0. The van der Waals surface area contributed by atoms with Crippen LogP contribution in [0.1, 0.15) is 27.7 Å². The summed E-state index contributed by atoms with van der Waals surface area (Å²) in [6.07, 6.45) is 0.919. The summed E-state index contributed by atoms with van der Waals surface area (Å²) in [6, 6.07) is 9.41. The Balaban J connectivity index is 1.77. The van der Waals surface area contributed by atoms with Crippen molar-refractivity contribution < 1.29 is 9.18 Å². The zero-order valence-electron chi connectivity index (χ0n) is 12.1. The Morgan fingerprint density at radius 1 is 1.30 bits per heavy atom. The monoisotopic (exact) mass is 328 g/mol. The lowest BCUT2D eigenvalue weighted by molar-refractivity contribution is 0.0470. The molecule has 0 bridgehead atoms. The first-order valence-corrected chi connectivity index (χ1v) is 8.18. The molecular weight excluding hydrogens is 315 g/mol. The Morgan fingerprint density at radius 3 is 2.87 bits per heavy atom. The van der Waals surface area contributed by atoms with Gasteiger partial charge in [-0.1, -0.05) is 6.07 Å². The minimum atomic E-state index is -0.446. The van der Waals surface area contributed by atoms with Crippen LogP contribution in [0.5, 0.6) is 0 Å². The number of pyridine rings is 1. The standard InChI is InChI=1S/C17H13FN2O2S/c18-10-3-4-11-12(9-16(21)19-13(11)8-10)17(22)20-6-5-14(20)15-2-1-7-23-15/h1-4,7-9,14H,5-6H2,(H,19,21)/t14-/m1/s1. The summed E-state index contributed by atoms with van der Waals surface area (Å²) in [7, 11) is 0. The van der Waals surface area contributed by atoms with E-state index in [9.17, 15) is 14.0 Å². The molecule has 6 heteroatoms. The van der Waals surface area contributed by atoms with Crippen LogP contribution in [0.3, 0.4) is 0 Å². The van der Waals surface area contributed by atoms with Crippen LogP contribution in [0.4, 0.5) is 4.39 Å². The quantitative estimate of drug-likeness (QED) is 0.784. The van der Waals surface area contributed by atoms with Crippen LogP contribution in [0, 0.1) is 5.82 Å². The number of fused-ring (bicyclic) bond motifs is 1. The van der Waals surface area contributed by atoms with Gasteiger partial charge in [0.1, 0.15) is 5.82 Å². The van der Waals surface area contributed by atoms with E-state index >= 15 is 0 Å². The smallest absolute Gasteiger partial charge is 0.255 e. The van der Waals surface area contributed by atoms with Crippen LogP contribution in [-0.4, -0.2) is 22.3 Å². The number of benzene rings is 1. The van der Waals surface area contributed by atoms with E-state index in [-0.39, 0.29) is 11.9 Å². The van der Waals surface area contributed by atoms with Crippen LogP contribution >= 0.6 is 11.3 Å². The van der Waals surface area contributed by atoms with Crippen LogP contribution < -0.4 is 5.56 Å². The zero-order valence-corrected chi connectivity index (χ0v) is 12.9. The normalized spacial score (nSPS) is 17.3. The number of carbonyl (C=O) groups is 1. The molecule has 4 nitrogen and oxygen atoms in total. The molecule has 1 aliphatic heterocycles. The predicted molar refractivity (Wildman–Crippen MR) is 87.2 cm³/mol. The molecule has 0 saturated carbocycles. The second-order valence-electron chi connectivity index (χ2n) is 5.56. The van der Waals surface area contributed by atoms with Crippen LogP contribution in [0.15, 0.2) is 46.6 Å².